The first kappa shape index (κ1) is 18.3. The molecule has 2 heterocycles. The SMILES string of the molecule is O=C(Nc1cccc(Cl)c1)c1ccc(-n2nc(N3CCCC3)ccc2=O)cc1. The standard InChI is InChI=1S/C21H19ClN4O2/c22-16-4-3-5-17(14-16)23-21(28)15-6-8-18(9-7-15)26-20(27)11-10-19(24-26)25-12-1-2-13-25/h3-11,14H,1-2,12-13H2,(H,23,28). The lowest BCUT2D eigenvalue weighted by Crippen LogP contribution is -2.26. The number of halogens is 1. The van der Waals surface area contributed by atoms with Crippen LogP contribution >= 0.6 is 11.6 Å². The Morgan fingerprint density at radius 1 is 1.00 bits per heavy atom. The molecule has 3 aromatic rings. The molecule has 1 aliphatic rings. The molecule has 0 spiro atoms. The first-order valence-corrected chi connectivity index (χ1v) is 9.51. The van der Waals surface area contributed by atoms with Gasteiger partial charge in [0, 0.05) is 35.4 Å². The van der Waals surface area contributed by atoms with Gasteiger partial charge < -0.3 is 10.2 Å². The van der Waals surface area contributed by atoms with Crippen LogP contribution < -0.4 is 15.8 Å². The molecule has 142 valence electrons. The number of nitrogens with one attached hydrogen (secondary N) is 1. The second kappa shape index (κ2) is 7.86. The van der Waals surface area contributed by atoms with Crippen molar-refractivity contribution in [3.63, 3.8) is 0 Å². The van der Waals surface area contributed by atoms with Crippen molar-refractivity contribution < 1.29 is 4.79 Å². The molecule has 28 heavy (non-hydrogen) atoms. The first-order valence-electron chi connectivity index (χ1n) is 9.13. The normalized spacial score (nSPS) is 13.5. The number of hydrogen-bond donors (Lipinski definition) is 1. The zero-order valence-corrected chi connectivity index (χ0v) is 15.9. The van der Waals surface area contributed by atoms with Gasteiger partial charge in [-0.2, -0.15) is 4.68 Å². The minimum absolute atomic E-state index is 0.209. The summed E-state index contributed by atoms with van der Waals surface area (Å²) in [5, 5.41) is 7.85. The Bertz CT molecular complexity index is 1060. The van der Waals surface area contributed by atoms with Crippen LogP contribution in [0.3, 0.4) is 0 Å². The number of nitrogens with zero attached hydrogens (tertiary/aromatic N) is 3. The average molecular weight is 395 g/mol. The Hall–Kier alpha value is -3.12. The highest BCUT2D eigenvalue weighted by molar-refractivity contribution is 6.30. The Balaban J connectivity index is 1.55. The van der Waals surface area contributed by atoms with Crippen molar-refractivity contribution >= 4 is 29.0 Å². The van der Waals surface area contributed by atoms with Crippen LogP contribution in [0.5, 0.6) is 0 Å². The van der Waals surface area contributed by atoms with Crippen molar-refractivity contribution in [3.8, 4) is 5.69 Å². The molecule has 1 fully saturated rings. The summed E-state index contributed by atoms with van der Waals surface area (Å²) >= 11 is 5.94. The zero-order valence-electron chi connectivity index (χ0n) is 15.1. The van der Waals surface area contributed by atoms with Gasteiger partial charge >= 0.3 is 0 Å². The molecule has 1 amide bonds. The molecule has 7 heteroatoms. The summed E-state index contributed by atoms with van der Waals surface area (Å²) < 4.78 is 1.37. The van der Waals surface area contributed by atoms with Gasteiger partial charge in [-0.05, 0) is 61.4 Å². The van der Waals surface area contributed by atoms with Crippen LogP contribution in [0.4, 0.5) is 11.5 Å². The van der Waals surface area contributed by atoms with Gasteiger partial charge in [-0.25, -0.2) is 0 Å². The number of carbonyl (C=O) groups is 1. The van der Waals surface area contributed by atoms with Crippen LogP contribution in [0.15, 0.2) is 65.5 Å². The monoisotopic (exact) mass is 394 g/mol. The number of anilines is 2. The first-order chi connectivity index (χ1) is 13.6. The molecule has 2 aromatic carbocycles. The van der Waals surface area contributed by atoms with Crippen molar-refractivity contribution in [2.45, 2.75) is 12.8 Å². The van der Waals surface area contributed by atoms with Gasteiger partial charge in [0.1, 0.15) is 5.82 Å². The maximum atomic E-state index is 12.4. The van der Waals surface area contributed by atoms with Gasteiger partial charge in [-0.15, -0.1) is 5.10 Å². The highest BCUT2D eigenvalue weighted by Crippen LogP contribution is 2.18. The third kappa shape index (κ3) is 3.92. The summed E-state index contributed by atoms with van der Waals surface area (Å²) in [6.45, 7) is 1.90. The summed E-state index contributed by atoms with van der Waals surface area (Å²) in [5.74, 6) is 0.541. The molecule has 1 aliphatic heterocycles. The lowest BCUT2D eigenvalue weighted by molar-refractivity contribution is 0.102. The van der Waals surface area contributed by atoms with Gasteiger partial charge in [0.15, 0.2) is 0 Å². The van der Waals surface area contributed by atoms with E-state index in [4.69, 9.17) is 11.6 Å². The van der Waals surface area contributed by atoms with Crippen LogP contribution in [-0.2, 0) is 0 Å². The Morgan fingerprint density at radius 2 is 1.75 bits per heavy atom. The highest BCUT2D eigenvalue weighted by atomic mass is 35.5. The van der Waals surface area contributed by atoms with Crippen molar-refractivity contribution in [2.24, 2.45) is 0 Å². The van der Waals surface area contributed by atoms with E-state index in [1.807, 2.05) is 0 Å². The summed E-state index contributed by atoms with van der Waals surface area (Å²) in [7, 11) is 0. The lowest BCUT2D eigenvalue weighted by Gasteiger charge is -2.17. The molecule has 6 nitrogen and oxygen atoms in total. The van der Waals surface area contributed by atoms with Crippen LogP contribution in [0, 0.1) is 0 Å². The van der Waals surface area contributed by atoms with Crippen LogP contribution in [0.25, 0.3) is 5.69 Å². The fourth-order valence-electron chi connectivity index (χ4n) is 3.22. The van der Waals surface area contributed by atoms with E-state index < -0.39 is 0 Å². The molecule has 0 radical (unpaired) electrons. The number of carbonyl (C=O) groups excluding carboxylic acids is 1. The smallest absolute Gasteiger partial charge is 0.271 e. The van der Waals surface area contributed by atoms with Crippen LogP contribution in [0.1, 0.15) is 23.2 Å². The van der Waals surface area contributed by atoms with Gasteiger partial charge in [0.25, 0.3) is 11.5 Å². The highest BCUT2D eigenvalue weighted by Gasteiger charge is 2.15. The molecule has 1 saturated heterocycles. The zero-order chi connectivity index (χ0) is 19.5. The van der Waals surface area contributed by atoms with E-state index >= 15 is 0 Å². The minimum Gasteiger partial charge on any atom is -0.355 e. The molecule has 0 saturated carbocycles. The van der Waals surface area contributed by atoms with Gasteiger partial charge in [0.2, 0.25) is 0 Å². The van der Waals surface area contributed by atoms with Crippen molar-refractivity contribution in [3.05, 3.63) is 81.6 Å². The van der Waals surface area contributed by atoms with Crippen molar-refractivity contribution in [1.29, 1.82) is 0 Å². The molecule has 4 rings (SSSR count). The van der Waals surface area contributed by atoms with Crippen LogP contribution in [0.2, 0.25) is 5.02 Å². The third-order valence-corrected chi connectivity index (χ3v) is 4.91. The van der Waals surface area contributed by atoms with E-state index in [0.717, 1.165) is 31.7 Å². The number of hydrogen-bond acceptors (Lipinski definition) is 4. The van der Waals surface area contributed by atoms with Gasteiger partial charge in [0.05, 0.1) is 5.69 Å². The second-order valence-corrected chi connectivity index (χ2v) is 7.08. The topological polar surface area (TPSA) is 67.2 Å². The van der Waals surface area contributed by atoms with Crippen LogP contribution in [-0.4, -0.2) is 28.8 Å². The Morgan fingerprint density at radius 3 is 2.46 bits per heavy atom. The second-order valence-electron chi connectivity index (χ2n) is 6.65. The van der Waals surface area contributed by atoms with E-state index in [-0.39, 0.29) is 11.5 Å². The molecule has 1 N–H and O–H groups in total. The van der Waals surface area contributed by atoms with Gasteiger partial charge in [-0.1, -0.05) is 17.7 Å². The lowest BCUT2D eigenvalue weighted by atomic mass is 10.2. The van der Waals surface area contributed by atoms with Gasteiger partial charge in [-0.3, -0.25) is 9.59 Å². The average Bonchev–Trinajstić information content (AvgIpc) is 3.23. The van der Waals surface area contributed by atoms with E-state index in [1.165, 1.54) is 10.7 Å². The third-order valence-electron chi connectivity index (χ3n) is 4.67. The Kier molecular flexibility index (Phi) is 5.12. The number of aromatic nitrogens is 2. The molecule has 0 bridgehead atoms. The van der Waals surface area contributed by atoms with Crippen molar-refractivity contribution in [2.75, 3.05) is 23.3 Å². The molecular weight excluding hydrogens is 376 g/mol. The maximum absolute atomic E-state index is 12.4. The predicted molar refractivity (Wildman–Crippen MR) is 111 cm³/mol. The summed E-state index contributed by atoms with van der Waals surface area (Å²) in [6, 6.07) is 17.0. The largest absolute Gasteiger partial charge is 0.355 e. The summed E-state index contributed by atoms with van der Waals surface area (Å²) in [5.41, 5.74) is 1.51. The fourth-order valence-corrected chi connectivity index (χ4v) is 3.42. The fraction of sp³-hybridized carbons (Fsp3) is 0.190. The van der Waals surface area contributed by atoms with E-state index in [0.29, 0.717) is 22.0 Å². The molecule has 0 atom stereocenters. The van der Waals surface area contributed by atoms with E-state index in [1.54, 1.807) is 54.6 Å². The Labute approximate surface area is 167 Å². The van der Waals surface area contributed by atoms with Crippen molar-refractivity contribution in [1.82, 2.24) is 9.78 Å². The number of amides is 1. The summed E-state index contributed by atoms with van der Waals surface area (Å²) in [4.78, 5) is 26.9. The number of rotatable bonds is 4. The molecular formula is C21H19ClN4O2. The van der Waals surface area contributed by atoms with E-state index in [2.05, 4.69) is 15.3 Å². The molecule has 1 aromatic heterocycles. The maximum Gasteiger partial charge on any atom is 0.271 e. The molecule has 0 unspecified atom stereocenters. The quantitative estimate of drug-likeness (QED) is 0.732. The molecule has 0 aliphatic carbocycles. The minimum atomic E-state index is -0.250. The van der Waals surface area contributed by atoms with E-state index in [9.17, 15) is 9.59 Å². The number of benzene rings is 2. The predicted octanol–water partition coefficient (Wildman–Crippen LogP) is 3.74. The summed E-state index contributed by atoms with van der Waals surface area (Å²) in [6.07, 6.45) is 2.27.